The van der Waals surface area contributed by atoms with Gasteiger partial charge in [-0.2, -0.15) is 0 Å². The molecular weight excluding hydrogens is 144 g/mol. The van der Waals surface area contributed by atoms with Crippen molar-refractivity contribution in [3.05, 3.63) is 23.9 Å². The van der Waals surface area contributed by atoms with Crippen LogP contribution in [0.1, 0.15) is 10.4 Å². The second-order valence-corrected chi connectivity index (χ2v) is 1.91. The minimum Gasteiger partial charge on any atom is -0.383 e. The molecule has 1 aromatic heterocycles. The summed E-state index contributed by atoms with van der Waals surface area (Å²) in [5.41, 5.74) is 7.62. The van der Waals surface area contributed by atoms with Gasteiger partial charge in [0.15, 0.2) is 0 Å². The third-order valence-electron chi connectivity index (χ3n) is 1.21. The standard InChI is InChI=1S/C6H8N4O/c7-5-4(6(11)10-8)2-1-3-9-5/h1-3H,8H2,(H2,7,9)(H,10,11). The maximum atomic E-state index is 10.9. The van der Waals surface area contributed by atoms with Crippen molar-refractivity contribution in [1.29, 1.82) is 0 Å². The van der Waals surface area contributed by atoms with Crippen molar-refractivity contribution in [2.75, 3.05) is 5.73 Å². The van der Waals surface area contributed by atoms with Crippen molar-refractivity contribution in [2.45, 2.75) is 0 Å². The lowest BCUT2D eigenvalue weighted by Crippen LogP contribution is -2.30. The van der Waals surface area contributed by atoms with Crippen LogP contribution < -0.4 is 17.0 Å². The number of pyridine rings is 1. The number of nitrogen functional groups attached to an aromatic ring is 2. The number of amides is 1. The summed E-state index contributed by atoms with van der Waals surface area (Å²) >= 11 is 0. The zero-order valence-electron chi connectivity index (χ0n) is 5.74. The average molecular weight is 152 g/mol. The van der Waals surface area contributed by atoms with Gasteiger partial charge in [0.05, 0.1) is 5.56 Å². The van der Waals surface area contributed by atoms with Gasteiger partial charge in [-0.05, 0) is 12.1 Å². The highest BCUT2D eigenvalue weighted by atomic mass is 16.2. The van der Waals surface area contributed by atoms with Crippen LogP contribution in [0, 0.1) is 0 Å². The smallest absolute Gasteiger partial charge is 0.268 e. The monoisotopic (exact) mass is 152 g/mol. The van der Waals surface area contributed by atoms with Crippen LogP contribution >= 0.6 is 0 Å². The van der Waals surface area contributed by atoms with Crippen molar-refractivity contribution in [3.8, 4) is 0 Å². The average Bonchev–Trinajstić information content (AvgIpc) is 2.04. The Kier molecular flexibility index (Phi) is 2.03. The van der Waals surface area contributed by atoms with Gasteiger partial charge in [0.2, 0.25) is 0 Å². The first-order valence-electron chi connectivity index (χ1n) is 2.97. The van der Waals surface area contributed by atoms with Gasteiger partial charge >= 0.3 is 0 Å². The fraction of sp³-hybridized carbons (Fsp3) is 0. The van der Waals surface area contributed by atoms with Crippen molar-refractivity contribution >= 4 is 11.7 Å². The Balaban J connectivity index is 3.03. The molecular formula is C6H8N4O. The number of hydrazine groups is 1. The summed E-state index contributed by atoms with van der Waals surface area (Å²) in [5.74, 6) is 4.63. The van der Waals surface area contributed by atoms with Crippen LogP contribution in [0.2, 0.25) is 0 Å². The quantitative estimate of drug-likeness (QED) is 0.281. The Morgan fingerprint density at radius 3 is 2.91 bits per heavy atom. The molecule has 0 aliphatic rings. The van der Waals surface area contributed by atoms with Gasteiger partial charge in [-0.3, -0.25) is 10.2 Å². The van der Waals surface area contributed by atoms with E-state index >= 15 is 0 Å². The molecule has 0 radical (unpaired) electrons. The van der Waals surface area contributed by atoms with E-state index in [9.17, 15) is 4.79 Å². The van der Waals surface area contributed by atoms with E-state index in [0.29, 0.717) is 0 Å². The van der Waals surface area contributed by atoms with Crippen molar-refractivity contribution in [3.63, 3.8) is 0 Å². The number of carbonyl (C=O) groups is 1. The number of hydrogen-bond donors (Lipinski definition) is 3. The van der Waals surface area contributed by atoms with Crippen molar-refractivity contribution in [1.82, 2.24) is 10.4 Å². The van der Waals surface area contributed by atoms with Crippen LogP contribution in [0.4, 0.5) is 5.82 Å². The van der Waals surface area contributed by atoms with Crippen LogP contribution in [-0.2, 0) is 0 Å². The van der Waals surface area contributed by atoms with Gasteiger partial charge in [-0.15, -0.1) is 0 Å². The molecule has 1 heterocycles. The highest BCUT2D eigenvalue weighted by molar-refractivity contribution is 5.97. The molecule has 0 saturated heterocycles. The number of anilines is 1. The van der Waals surface area contributed by atoms with Crippen LogP contribution in [0.15, 0.2) is 18.3 Å². The molecule has 0 atom stereocenters. The summed E-state index contributed by atoms with van der Waals surface area (Å²) in [5, 5.41) is 0. The first-order chi connectivity index (χ1) is 5.25. The summed E-state index contributed by atoms with van der Waals surface area (Å²) in [6.07, 6.45) is 1.50. The molecule has 1 amide bonds. The van der Waals surface area contributed by atoms with E-state index in [1.54, 1.807) is 12.1 Å². The predicted octanol–water partition coefficient (Wildman–Crippen LogP) is -0.733. The molecule has 5 heteroatoms. The minimum atomic E-state index is -0.435. The van der Waals surface area contributed by atoms with Gasteiger partial charge in [-0.1, -0.05) is 0 Å². The van der Waals surface area contributed by atoms with E-state index in [1.165, 1.54) is 6.20 Å². The van der Waals surface area contributed by atoms with Gasteiger partial charge < -0.3 is 5.73 Å². The number of hydrogen-bond acceptors (Lipinski definition) is 4. The number of rotatable bonds is 1. The number of aromatic nitrogens is 1. The summed E-state index contributed by atoms with van der Waals surface area (Å²) in [6, 6.07) is 3.16. The highest BCUT2D eigenvalue weighted by Gasteiger charge is 2.06. The van der Waals surface area contributed by atoms with E-state index in [2.05, 4.69) is 4.98 Å². The molecule has 0 fully saturated rings. The molecule has 0 saturated carbocycles. The van der Waals surface area contributed by atoms with Crippen molar-refractivity contribution in [2.24, 2.45) is 5.84 Å². The molecule has 1 aromatic rings. The molecule has 58 valence electrons. The van der Waals surface area contributed by atoms with Crippen LogP contribution in [0.5, 0.6) is 0 Å². The zero-order valence-corrected chi connectivity index (χ0v) is 5.74. The van der Waals surface area contributed by atoms with Crippen molar-refractivity contribution < 1.29 is 4.79 Å². The topological polar surface area (TPSA) is 94.0 Å². The number of nitrogens with two attached hydrogens (primary N) is 2. The minimum absolute atomic E-state index is 0.176. The fourth-order valence-corrected chi connectivity index (χ4v) is 0.687. The summed E-state index contributed by atoms with van der Waals surface area (Å²) in [4.78, 5) is 14.6. The second kappa shape index (κ2) is 2.98. The third kappa shape index (κ3) is 1.44. The third-order valence-corrected chi connectivity index (χ3v) is 1.21. The Morgan fingerprint density at radius 1 is 1.64 bits per heavy atom. The highest BCUT2D eigenvalue weighted by Crippen LogP contribution is 2.04. The molecule has 0 unspecified atom stereocenters. The summed E-state index contributed by atoms with van der Waals surface area (Å²) in [7, 11) is 0. The molecule has 0 aliphatic carbocycles. The lowest BCUT2D eigenvalue weighted by Gasteiger charge is -2.00. The van der Waals surface area contributed by atoms with Crippen LogP contribution in [0.3, 0.4) is 0 Å². The Labute approximate surface area is 63.4 Å². The van der Waals surface area contributed by atoms with Gasteiger partial charge in [0, 0.05) is 6.20 Å². The van der Waals surface area contributed by atoms with Gasteiger partial charge in [0.1, 0.15) is 5.82 Å². The SMILES string of the molecule is NNC(=O)c1cccnc1N. The second-order valence-electron chi connectivity index (χ2n) is 1.91. The molecule has 1 rings (SSSR count). The molecule has 11 heavy (non-hydrogen) atoms. The lowest BCUT2D eigenvalue weighted by molar-refractivity contribution is 0.0954. The van der Waals surface area contributed by atoms with E-state index in [4.69, 9.17) is 11.6 Å². The van der Waals surface area contributed by atoms with E-state index < -0.39 is 5.91 Å². The zero-order chi connectivity index (χ0) is 8.27. The Bertz CT molecular complexity index is 273. The maximum absolute atomic E-state index is 10.9. The lowest BCUT2D eigenvalue weighted by atomic mass is 10.2. The van der Waals surface area contributed by atoms with Crippen LogP contribution in [-0.4, -0.2) is 10.9 Å². The molecule has 5 nitrogen and oxygen atoms in total. The number of carbonyl (C=O) groups excluding carboxylic acids is 1. The maximum Gasteiger partial charge on any atom is 0.268 e. The van der Waals surface area contributed by atoms with E-state index in [-0.39, 0.29) is 11.4 Å². The summed E-state index contributed by atoms with van der Waals surface area (Å²) in [6.45, 7) is 0. The number of nitrogens with one attached hydrogen (secondary N) is 1. The largest absolute Gasteiger partial charge is 0.383 e. The normalized spacial score (nSPS) is 9.18. The van der Waals surface area contributed by atoms with E-state index in [1.807, 2.05) is 5.43 Å². The Morgan fingerprint density at radius 2 is 2.36 bits per heavy atom. The molecule has 0 spiro atoms. The molecule has 5 N–H and O–H groups in total. The van der Waals surface area contributed by atoms with Gasteiger partial charge in [-0.25, -0.2) is 10.8 Å². The van der Waals surface area contributed by atoms with Crippen LogP contribution in [0.25, 0.3) is 0 Å². The van der Waals surface area contributed by atoms with E-state index in [0.717, 1.165) is 0 Å². The first kappa shape index (κ1) is 7.49. The van der Waals surface area contributed by atoms with Gasteiger partial charge in [0.25, 0.3) is 5.91 Å². The first-order valence-corrected chi connectivity index (χ1v) is 2.97. The Hall–Kier alpha value is -1.62. The predicted molar refractivity (Wildman–Crippen MR) is 40.3 cm³/mol. The molecule has 0 aromatic carbocycles. The molecule has 0 aliphatic heterocycles. The number of nitrogens with zero attached hydrogens (tertiary/aromatic N) is 1. The summed E-state index contributed by atoms with van der Waals surface area (Å²) < 4.78 is 0. The molecule has 0 bridgehead atoms. The fourth-order valence-electron chi connectivity index (χ4n) is 0.687.